The Bertz CT molecular complexity index is 584. The standard InChI is InChI=1S/C12H20N4O3S/c1-4-14-12(17)8-15-11-6-5-9(7-10(11)13)20(18,19)16(2)3/h5-7,15H,4,8,13H2,1-3H3,(H,14,17). The van der Waals surface area contributed by atoms with Crippen LogP contribution in [-0.4, -0.2) is 45.8 Å². The van der Waals surface area contributed by atoms with Gasteiger partial charge in [0.2, 0.25) is 15.9 Å². The largest absolute Gasteiger partial charge is 0.397 e. The average molecular weight is 300 g/mol. The highest BCUT2D eigenvalue weighted by Crippen LogP contribution is 2.23. The summed E-state index contributed by atoms with van der Waals surface area (Å²) >= 11 is 0. The number of sulfonamides is 1. The van der Waals surface area contributed by atoms with Gasteiger partial charge in [-0.25, -0.2) is 12.7 Å². The van der Waals surface area contributed by atoms with E-state index in [4.69, 9.17) is 5.73 Å². The third-order valence-corrected chi connectivity index (χ3v) is 4.43. The molecule has 0 saturated carbocycles. The quantitative estimate of drug-likeness (QED) is 0.645. The van der Waals surface area contributed by atoms with E-state index in [9.17, 15) is 13.2 Å². The number of rotatable bonds is 6. The molecular weight excluding hydrogens is 280 g/mol. The maximum absolute atomic E-state index is 11.9. The normalized spacial score (nSPS) is 11.4. The molecule has 8 heteroatoms. The number of likely N-dealkylation sites (N-methyl/N-ethyl adjacent to an activating group) is 1. The lowest BCUT2D eigenvalue weighted by atomic mass is 10.2. The fourth-order valence-corrected chi connectivity index (χ4v) is 2.45. The van der Waals surface area contributed by atoms with Gasteiger partial charge in [0.05, 0.1) is 22.8 Å². The fourth-order valence-electron chi connectivity index (χ4n) is 1.51. The second-order valence-corrected chi connectivity index (χ2v) is 6.50. The summed E-state index contributed by atoms with van der Waals surface area (Å²) in [5.74, 6) is -0.156. The number of hydrogen-bond donors (Lipinski definition) is 3. The molecule has 0 atom stereocenters. The first kappa shape index (κ1) is 16.3. The Labute approximate surface area is 119 Å². The molecule has 112 valence electrons. The Morgan fingerprint density at radius 1 is 1.35 bits per heavy atom. The maximum Gasteiger partial charge on any atom is 0.242 e. The van der Waals surface area contributed by atoms with Crippen molar-refractivity contribution in [2.75, 3.05) is 38.2 Å². The summed E-state index contributed by atoms with van der Waals surface area (Å²) in [6.45, 7) is 2.46. The van der Waals surface area contributed by atoms with E-state index in [1.54, 1.807) is 6.07 Å². The van der Waals surface area contributed by atoms with Crippen LogP contribution >= 0.6 is 0 Å². The monoisotopic (exact) mass is 300 g/mol. The summed E-state index contributed by atoms with van der Waals surface area (Å²) in [6, 6.07) is 4.37. The van der Waals surface area contributed by atoms with Crippen molar-refractivity contribution in [2.24, 2.45) is 0 Å². The number of nitrogen functional groups attached to an aromatic ring is 1. The Morgan fingerprint density at radius 2 is 2.00 bits per heavy atom. The molecule has 1 aromatic carbocycles. The van der Waals surface area contributed by atoms with E-state index < -0.39 is 10.0 Å². The molecule has 0 heterocycles. The van der Waals surface area contributed by atoms with Gasteiger partial charge < -0.3 is 16.4 Å². The van der Waals surface area contributed by atoms with Crippen LogP contribution in [0.4, 0.5) is 11.4 Å². The number of nitrogens with two attached hydrogens (primary N) is 1. The first-order valence-electron chi connectivity index (χ1n) is 6.11. The Kier molecular flexibility index (Phi) is 5.34. The molecule has 4 N–H and O–H groups in total. The molecule has 7 nitrogen and oxygen atoms in total. The zero-order valence-electron chi connectivity index (χ0n) is 11.8. The predicted octanol–water partition coefficient (Wildman–Crippen LogP) is 0.0671. The van der Waals surface area contributed by atoms with Gasteiger partial charge in [0.1, 0.15) is 0 Å². The van der Waals surface area contributed by atoms with Crippen LogP contribution in [0, 0.1) is 0 Å². The van der Waals surface area contributed by atoms with Crippen molar-refractivity contribution < 1.29 is 13.2 Å². The van der Waals surface area contributed by atoms with Gasteiger partial charge in [-0.05, 0) is 25.1 Å². The first-order valence-corrected chi connectivity index (χ1v) is 7.55. The lowest BCUT2D eigenvalue weighted by Crippen LogP contribution is -2.29. The molecule has 0 unspecified atom stereocenters. The number of hydrogen-bond acceptors (Lipinski definition) is 5. The SMILES string of the molecule is CCNC(=O)CNc1ccc(S(=O)(=O)N(C)C)cc1N. The van der Waals surface area contributed by atoms with E-state index in [-0.39, 0.29) is 23.0 Å². The van der Waals surface area contributed by atoms with Crippen LogP contribution in [-0.2, 0) is 14.8 Å². The number of carbonyl (C=O) groups excluding carboxylic acids is 1. The highest BCUT2D eigenvalue weighted by molar-refractivity contribution is 7.89. The molecule has 0 spiro atoms. The maximum atomic E-state index is 11.9. The summed E-state index contributed by atoms with van der Waals surface area (Å²) < 4.78 is 25.0. The van der Waals surface area contributed by atoms with Crippen LogP contribution in [0.3, 0.4) is 0 Å². The Hall–Kier alpha value is -1.80. The van der Waals surface area contributed by atoms with E-state index in [0.717, 1.165) is 4.31 Å². The zero-order chi connectivity index (χ0) is 15.3. The number of carbonyl (C=O) groups is 1. The Balaban J connectivity index is 2.87. The molecule has 0 aromatic heterocycles. The molecule has 0 fully saturated rings. The lowest BCUT2D eigenvalue weighted by molar-refractivity contribution is -0.119. The Morgan fingerprint density at radius 3 is 2.50 bits per heavy atom. The van der Waals surface area contributed by atoms with Crippen LogP contribution in [0.25, 0.3) is 0 Å². The number of amides is 1. The smallest absolute Gasteiger partial charge is 0.242 e. The minimum atomic E-state index is -3.51. The molecule has 0 saturated heterocycles. The van der Waals surface area contributed by atoms with Crippen LogP contribution in [0.1, 0.15) is 6.92 Å². The van der Waals surface area contributed by atoms with Gasteiger partial charge in [0, 0.05) is 20.6 Å². The molecule has 0 aliphatic carbocycles. The van der Waals surface area contributed by atoms with E-state index in [0.29, 0.717) is 12.2 Å². The van der Waals surface area contributed by atoms with Gasteiger partial charge in [-0.3, -0.25) is 4.79 Å². The van der Waals surface area contributed by atoms with Crippen molar-refractivity contribution in [3.63, 3.8) is 0 Å². The van der Waals surface area contributed by atoms with E-state index >= 15 is 0 Å². The number of nitrogens with zero attached hydrogens (tertiary/aromatic N) is 1. The van der Waals surface area contributed by atoms with E-state index in [1.165, 1.54) is 26.2 Å². The van der Waals surface area contributed by atoms with Crippen LogP contribution < -0.4 is 16.4 Å². The fraction of sp³-hybridized carbons (Fsp3) is 0.417. The van der Waals surface area contributed by atoms with Crippen molar-refractivity contribution in [1.29, 1.82) is 0 Å². The summed E-state index contributed by atoms with van der Waals surface area (Å²) in [5.41, 5.74) is 6.60. The third kappa shape index (κ3) is 3.84. The van der Waals surface area contributed by atoms with Crippen molar-refractivity contribution in [3.05, 3.63) is 18.2 Å². The van der Waals surface area contributed by atoms with Crippen molar-refractivity contribution in [2.45, 2.75) is 11.8 Å². The first-order chi connectivity index (χ1) is 9.28. The van der Waals surface area contributed by atoms with Gasteiger partial charge in [0.15, 0.2) is 0 Å². The minimum Gasteiger partial charge on any atom is -0.397 e. The summed E-state index contributed by atoms with van der Waals surface area (Å²) in [4.78, 5) is 11.4. The van der Waals surface area contributed by atoms with Gasteiger partial charge in [-0.1, -0.05) is 0 Å². The molecule has 0 aliphatic rings. The number of anilines is 2. The zero-order valence-corrected chi connectivity index (χ0v) is 12.6. The molecule has 1 aromatic rings. The summed E-state index contributed by atoms with van der Waals surface area (Å²) in [6.07, 6.45) is 0. The van der Waals surface area contributed by atoms with Gasteiger partial charge >= 0.3 is 0 Å². The van der Waals surface area contributed by atoms with Gasteiger partial charge in [-0.2, -0.15) is 0 Å². The van der Waals surface area contributed by atoms with Crippen LogP contribution in [0.15, 0.2) is 23.1 Å². The van der Waals surface area contributed by atoms with E-state index in [1.807, 2.05) is 6.92 Å². The van der Waals surface area contributed by atoms with Crippen LogP contribution in [0.5, 0.6) is 0 Å². The van der Waals surface area contributed by atoms with E-state index in [2.05, 4.69) is 10.6 Å². The van der Waals surface area contributed by atoms with Crippen LogP contribution in [0.2, 0.25) is 0 Å². The molecule has 1 rings (SSSR count). The molecule has 1 amide bonds. The molecule has 0 bridgehead atoms. The lowest BCUT2D eigenvalue weighted by Gasteiger charge is -2.14. The topological polar surface area (TPSA) is 105 Å². The second-order valence-electron chi connectivity index (χ2n) is 4.34. The molecule has 0 radical (unpaired) electrons. The minimum absolute atomic E-state index is 0.0812. The highest BCUT2D eigenvalue weighted by Gasteiger charge is 2.18. The summed E-state index contributed by atoms with van der Waals surface area (Å²) in [7, 11) is -0.607. The molecular formula is C12H20N4O3S. The van der Waals surface area contributed by atoms with Crippen molar-refractivity contribution in [3.8, 4) is 0 Å². The summed E-state index contributed by atoms with van der Waals surface area (Å²) in [5, 5.41) is 5.50. The number of benzene rings is 1. The van der Waals surface area contributed by atoms with Crippen molar-refractivity contribution >= 4 is 27.3 Å². The molecule has 20 heavy (non-hydrogen) atoms. The number of nitrogens with one attached hydrogen (secondary N) is 2. The average Bonchev–Trinajstić information content (AvgIpc) is 2.37. The van der Waals surface area contributed by atoms with Gasteiger partial charge in [0.25, 0.3) is 0 Å². The third-order valence-electron chi connectivity index (χ3n) is 2.61. The predicted molar refractivity (Wildman–Crippen MR) is 78.9 cm³/mol. The highest BCUT2D eigenvalue weighted by atomic mass is 32.2. The van der Waals surface area contributed by atoms with Crippen molar-refractivity contribution in [1.82, 2.24) is 9.62 Å². The second kappa shape index (κ2) is 6.58. The van der Waals surface area contributed by atoms with Gasteiger partial charge in [-0.15, -0.1) is 0 Å². The molecule has 0 aliphatic heterocycles.